The summed E-state index contributed by atoms with van der Waals surface area (Å²) in [5, 5.41) is 6.39. The van der Waals surface area contributed by atoms with E-state index >= 15 is 0 Å². The molecule has 0 bridgehead atoms. The van der Waals surface area contributed by atoms with Crippen LogP contribution in [0.15, 0.2) is 42.5 Å². The molecule has 4 heteroatoms. The standard InChI is InChI=1S/C19H26N2OS/c1-14-10-11-17(23-14)16(20-4)13-21-18(22)19(2,3)12-15-8-6-5-7-9-15/h5-11,16,20H,12-13H2,1-4H3,(H,21,22). The highest BCUT2D eigenvalue weighted by molar-refractivity contribution is 7.12. The van der Waals surface area contributed by atoms with Crippen LogP contribution in [0.2, 0.25) is 0 Å². The average Bonchev–Trinajstić information content (AvgIpc) is 2.94. The number of rotatable bonds is 7. The van der Waals surface area contributed by atoms with Crippen molar-refractivity contribution < 1.29 is 4.79 Å². The van der Waals surface area contributed by atoms with E-state index in [9.17, 15) is 4.79 Å². The van der Waals surface area contributed by atoms with Crippen molar-refractivity contribution in [3.05, 3.63) is 57.8 Å². The zero-order valence-corrected chi connectivity index (χ0v) is 15.2. The first-order chi connectivity index (χ1) is 10.9. The summed E-state index contributed by atoms with van der Waals surface area (Å²) in [6, 6.07) is 14.6. The van der Waals surface area contributed by atoms with E-state index in [-0.39, 0.29) is 11.9 Å². The number of likely N-dealkylation sites (N-methyl/N-ethyl adjacent to an activating group) is 1. The molecule has 1 amide bonds. The topological polar surface area (TPSA) is 41.1 Å². The number of hydrogen-bond donors (Lipinski definition) is 2. The fourth-order valence-electron chi connectivity index (χ4n) is 2.61. The van der Waals surface area contributed by atoms with Gasteiger partial charge in [0, 0.05) is 21.7 Å². The van der Waals surface area contributed by atoms with Crippen molar-refractivity contribution in [2.24, 2.45) is 5.41 Å². The molecule has 0 aliphatic heterocycles. The van der Waals surface area contributed by atoms with E-state index in [4.69, 9.17) is 0 Å². The van der Waals surface area contributed by atoms with Gasteiger partial charge in [-0.05, 0) is 38.1 Å². The maximum atomic E-state index is 12.6. The molecule has 0 radical (unpaired) electrons. The number of carbonyl (C=O) groups excluding carboxylic acids is 1. The summed E-state index contributed by atoms with van der Waals surface area (Å²) in [5.74, 6) is 0.0925. The van der Waals surface area contributed by atoms with Gasteiger partial charge in [0.05, 0.1) is 6.04 Å². The predicted octanol–water partition coefficient (Wildman–Crippen LogP) is 3.70. The van der Waals surface area contributed by atoms with Crippen LogP contribution in [0.5, 0.6) is 0 Å². The van der Waals surface area contributed by atoms with E-state index in [0.717, 1.165) is 6.42 Å². The van der Waals surface area contributed by atoms with Crippen LogP contribution in [0.3, 0.4) is 0 Å². The lowest BCUT2D eigenvalue weighted by atomic mass is 9.85. The molecule has 1 unspecified atom stereocenters. The quantitative estimate of drug-likeness (QED) is 0.813. The molecule has 0 saturated carbocycles. The van der Waals surface area contributed by atoms with Crippen LogP contribution in [0.25, 0.3) is 0 Å². The third-order valence-electron chi connectivity index (χ3n) is 4.02. The summed E-state index contributed by atoms with van der Waals surface area (Å²) >= 11 is 1.77. The van der Waals surface area contributed by atoms with E-state index in [1.165, 1.54) is 15.3 Å². The molecule has 0 spiro atoms. The zero-order chi connectivity index (χ0) is 16.9. The van der Waals surface area contributed by atoms with E-state index in [1.54, 1.807) is 11.3 Å². The molecule has 1 aromatic carbocycles. The molecular formula is C19H26N2OS. The van der Waals surface area contributed by atoms with Crippen LogP contribution in [0.4, 0.5) is 0 Å². The highest BCUT2D eigenvalue weighted by Crippen LogP contribution is 2.24. The molecule has 3 nitrogen and oxygen atoms in total. The Morgan fingerprint density at radius 1 is 1.17 bits per heavy atom. The number of aryl methyl sites for hydroxylation is 1. The minimum absolute atomic E-state index is 0.0925. The van der Waals surface area contributed by atoms with Crippen LogP contribution in [0.1, 0.15) is 35.2 Å². The van der Waals surface area contributed by atoms with Gasteiger partial charge < -0.3 is 10.6 Å². The van der Waals surface area contributed by atoms with Crippen molar-refractivity contribution >= 4 is 17.2 Å². The number of benzene rings is 1. The molecule has 0 fully saturated rings. The average molecular weight is 330 g/mol. The Morgan fingerprint density at radius 2 is 1.87 bits per heavy atom. The maximum Gasteiger partial charge on any atom is 0.226 e. The SMILES string of the molecule is CNC(CNC(=O)C(C)(C)Cc1ccccc1)c1ccc(C)s1. The molecule has 0 aliphatic rings. The first-order valence-electron chi connectivity index (χ1n) is 7.98. The Morgan fingerprint density at radius 3 is 2.43 bits per heavy atom. The van der Waals surface area contributed by atoms with Crippen LogP contribution in [-0.2, 0) is 11.2 Å². The Bertz CT molecular complexity index is 634. The molecule has 2 N–H and O–H groups in total. The largest absolute Gasteiger partial charge is 0.354 e. The van der Waals surface area contributed by atoms with Crippen molar-refractivity contribution in [3.8, 4) is 0 Å². The molecule has 0 saturated heterocycles. The number of carbonyl (C=O) groups is 1. The summed E-state index contributed by atoms with van der Waals surface area (Å²) in [6.45, 7) is 6.70. The second-order valence-electron chi connectivity index (χ2n) is 6.55. The van der Waals surface area contributed by atoms with Crippen LogP contribution >= 0.6 is 11.3 Å². The van der Waals surface area contributed by atoms with Gasteiger partial charge in [-0.1, -0.05) is 44.2 Å². The van der Waals surface area contributed by atoms with Gasteiger partial charge in [-0.3, -0.25) is 4.79 Å². The molecule has 23 heavy (non-hydrogen) atoms. The van der Waals surface area contributed by atoms with Gasteiger partial charge in [0.2, 0.25) is 5.91 Å². The summed E-state index contributed by atoms with van der Waals surface area (Å²) in [5.41, 5.74) is 0.761. The van der Waals surface area contributed by atoms with Gasteiger partial charge >= 0.3 is 0 Å². The zero-order valence-electron chi connectivity index (χ0n) is 14.3. The molecule has 1 aromatic heterocycles. The number of nitrogens with one attached hydrogen (secondary N) is 2. The summed E-state index contributed by atoms with van der Waals surface area (Å²) in [4.78, 5) is 15.1. The monoisotopic (exact) mass is 330 g/mol. The summed E-state index contributed by atoms with van der Waals surface area (Å²) in [7, 11) is 1.93. The minimum Gasteiger partial charge on any atom is -0.354 e. The van der Waals surface area contributed by atoms with Crippen molar-refractivity contribution in [3.63, 3.8) is 0 Å². The second-order valence-corrected chi connectivity index (χ2v) is 7.87. The smallest absolute Gasteiger partial charge is 0.226 e. The predicted molar refractivity (Wildman–Crippen MR) is 97.8 cm³/mol. The fraction of sp³-hybridized carbons (Fsp3) is 0.421. The van der Waals surface area contributed by atoms with Gasteiger partial charge in [-0.15, -0.1) is 11.3 Å². The summed E-state index contributed by atoms with van der Waals surface area (Å²) < 4.78 is 0. The Kier molecular flexibility index (Phi) is 5.97. The molecule has 124 valence electrons. The van der Waals surface area contributed by atoms with Gasteiger partial charge in [0.1, 0.15) is 0 Å². The van der Waals surface area contributed by atoms with E-state index in [1.807, 2.05) is 39.1 Å². The molecule has 0 aliphatic carbocycles. The number of thiophene rings is 1. The van der Waals surface area contributed by atoms with Crippen LogP contribution in [0, 0.1) is 12.3 Å². The highest BCUT2D eigenvalue weighted by atomic mass is 32.1. The van der Waals surface area contributed by atoms with Gasteiger partial charge in [0.15, 0.2) is 0 Å². The number of hydrogen-bond acceptors (Lipinski definition) is 3. The minimum atomic E-state index is -0.426. The van der Waals surface area contributed by atoms with Gasteiger partial charge in [-0.2, -0.15) is 0 Å². The molecule has 1 atom stereocenters. The molecule has 1 heterocycles. The van der Waals surface area contributed by atoms with Gasteiger partial charge in [-0.25, -0.2) is 0 Å². The van der Waals surface area contributed by atoms with E-state index in [2.05, 4.69) is 41.8 Å². The van der Waals surface area contributed by atoms with Crippen LogP contribution in [-0.4, -0.2) is 19.5 Å². The second kappa shape index (κ2) is 7.75. The Labute approximate surface area is 143 Å². The van der Waals surface area contributed by atoms with E-state index in [0.29, 0.717) is 6.54 Å². The lowest BCUT2D eigenvalue weighted by molar-refractivity contribution is -0.129. The first-order valence-corrected chi connectivity index (χ1v) is 8.80. The normalized spacial score (nSPS) is 12.9. The molecule has 2 rings (SSSR count). The lowest BCUT2D eigenvalue weighted by Crippen LogP contribution is -2.41. The highest BCUT2D eigenvalue weighted by Gasteiger charge is 2.28. The van der Waals surface area contributed by atoms with Crippen molar-refractivity contribution in [2.45, 2.75) is 33.2 Å². The van der Waals surface area contributed by atoms with Crippen molar-refractivity contribution in [2.75, 3.05) is 13.6 Å². The molecular weight excluding hydrogens is 304 g/mol. The lowest BCUT2D eigenvalue weighted by Gasteiger charge is -2.25. The fourth-order valence-corrected chi connectivity index (χ4v) is 3.59. The van der Waals surface area contributed by atoms with Crippen LogP contribution < -0.4 is 10.6 Å². The Hall–Kier alpha value is -1.65. The van der Waals surface area contributed by atoms with E-state index < -0.39 is 5.41 Å². The molecule has 2 aromatic rings. The van der Waals surface area contributed by atoms with Gasteiger partial charge in [0.25, 0.3) is 0 Å². The van der Waals surface area contributed by atoms with Crippen molar-refractivity contribution in [1.29, 1.82) is 0 Å². The van der Waals surface area contributed by atoms with Crippen molar-refractivity contribution in [1.82, 2.24) is 10.6 Å². The Balaban J connectivity index is 1.94. The third kappa shape index (κ3) is 4.91. The third-order valence-corrected chi connectivity index (χ3v) is 5.14. The summed E-state index contributed by atoms with van der Waals surface area (Å²) in [6.07, 6.45) is 0.738. The first kappa shape index (κ1) is 17.7. The maximum absolute atomic E-state index is 12.6. The number of amides is 1.